The summed E-state index contributed by atoms with van der Waals surface area (Å²) in [6, 6.07) is 11.9. The molecular weight excluding hydrogens is 334 g/mol. The minimum Gasteiger partial charge on any atom is -0.455 e. The van der Waals surface area contributed by atoms with Gasteiger partial charge in [0, 0.05) is 10.6 Å². The second-order valence-corrected chi connectivity index (χ2v) is 7.05. The molecule has 2 rings (SSSR count). The van der Waals surface area contributed by atoms with Crippen LogP contribution >= 0.6 is 11.8 Å². The summed E-state index contributed by atoms with van der Waals surface area (Å²) in [6.07, 6.45) is 0. The number of carbonyl (C=O) groups excluding carboxylic acids is 2. The second-order valence-electron chi connectivity index (χ2n) is 6.03. The Bertz CT molecular complexity index is 766. The minimum absolute atomic E-state index is 0.182. The lowest BCUT2D eigenvalue weighted by Gasteiger charge is -2.11. The number of esters is 1. The number of benzene rings is 2. The molecule has 0 atom stereocenters. The Morgan fingerprint density at radius 2 is 1.68 bits per heavy atom. The van der Waals surface area contributed by atoms with E-state index in [4.69, 9.17) is 4.74 Å². The summed E-state index contributed by atoms with van der Waals surface area (Å²) in [5.41, 5.74) is 4.99. The molecule has 1 N–H and O–H groups in total. The summed E-state index contributed by atoms with van der Waals surface area (Å²) in [5, 5.41) is 2.80. The van der Waals surface area contributed by atoms with Crippen LogP contribution in [0.1, 0.15) is 22.3 Å². The maximum atomic E-state index is 12.0. The van der Waals surface area contributed by atoms with Gasteiger partial charge in [0.25, 0.3) is 5.91 Å². The fourth-order valence-electron chi connectivity index (χ4n) is 2.37. The number of amides is 1. The van der Waals surface area contributed by atoms with Gasteiger partial charge in [-0.15, -0.1) is 11.8 Å². The standard InChI is InChI=1S/C20H23NO3S/c1-13-8-9-14(2)17(10-13)25-12-19(23)24-11-18(22)21-20-15(3)6-5-7-16(20)4/h5-10H,11-12H2,1-4H3,(H,21,22). The van der Waals surface area contributed by atoms with Crippen molar-refractivity contribution in [3.05, 3.63) is 58.7 Å². The number of hydrogen-bond donors (Lipinski definition) is 1. The van der Waals surface area contributed by atoms with Gasteiger partial charge in [-0.3, -0.25) is 9.59 Å². The highest BCUT2D eigenvalue weighted by atomic mass is 32.2. The maximum absolute atomic E-state index is 12.0. The third-order valence-electron chi connectivity index (χ3n) is 3.80. The van der Waals surface area contributed by atoms with E-state index in [1.54, 1.807) is 0 Å². The first-order valence-electron chi connectivity index (χ1n) is 8.08. The third-order valence-corrected chi connectivity index (χ3v) is 4.93. The van der Waals surface area contributed by atoms with E-state index in [9.17, 15) is 9.59 Å². The molecule has 5 heteroatoms. The van der Waals surface area contributed by atoms with Crippen LogP contribution in [0.15, 0.2) is 41.3 Å². The number of para-hydroxylation sites is 1. The molecule has 1 amide bonds. The lowest BCUT2D eigenvalue weighted by atomic mass is 10.1. The van der Waals surface area contributed by atoms with Gasteiger partial charge in [0.1, 0.15) is 0 Å². The average molecular weight is 357 g/mol. The highest BCUT2D eigenvalue weighted by Gasteiger charge is 2.11. The number of nitrogens with one attached hydrogen (secondary N) is 1. The van der Waals surface area contributed by atoms with Gasteiger partial charge in [0.15, 0.2) is 6.61 Å². The molecule has 25 heavy (non-hydrogen) atoms. The zero-order valence-electron chi connectivity index (χ0n) is 15.0. The number of aryl methyl sites for hydroxylation is 4. The molecule has 0 unspecified atom stereocenters. The lowest BCUT2D eigenvalue weighted by molar-refractivity contribution is -0.144. The summed E-state index contributed by atoms with van der Waals surface area (Å²) in [4.78, 5) is 24.9. The van der Waals surface area contributed by atoms with E-state index in [1.165, 1.54) is 11.8 Å². The first kappa shape index (κ1) is 19.1. The van der Waals surface area contributed by atoms with Crippen LogP contribution in [-0.4, -0.2) is 24.2 Å². The molecular formula is C20H23NO3S. The first-order valence-corrected chi connectivity index (χ1v) is 9.07. The molecule has 4 nitrogen and oxygen atoms in total. The number of rotatable bonds is 6. The summed E-state index contributed by atoms with van der Waals surface area (Å²) < 4.78 is 5.08. The molecule has 132 valence electrons. The van der Waals surface area contributed by atoms with Gasteiger partial charge in [0.2, 0.25) is 0 Å². The number of carbonyl (C=O) groups is 2. The molecule has 0 heterocycles. The van der Waals surface area contributed by atoms with Crippen LogP contribution in [0, 0.1) is 27.7 Å². The number of anilines is 1. The molecule has 0 fully saturated rings. The fourth-order valence-corrected chi connectivity index (χ4v) is 3.30. The number of hydrogen-bond acceptors (Lipinski definition) is 4. The third kappa shape index (κ3) is 5.64. The monoisotopic (exact) mass is 357 g/mol. The number of ether oxygens (including phenoxy) is 1. The Labute approximate surface area is 153 Å². The van der Waals surface area contributed by atoms with Crippen LogP contribution < -0.4 is 5.32 Å². The van der Waals surface area contributed by atoms with Crippen LogP contribution in [0.4, 0.5) is 5.69 Å². The fraction of sp³-hybridized carbons (Fsp3) is 0.300. The quantitative estimate of drug-likeness (QED) is 0.622. The molecule has 0 saturated heterocycles. The van der Waals surface area contributed by atoms with Crippen LogP contribution in [0.25, 0.3) is 0 Å². The van der Waals surface area contributed by atoms with E-state index in [0.29, 0.717) is 0 Å². The van der Waals surface area contributed by atoms with Gasteiger partial charge in [-0.05, 0) is 50.5 Å². The predicted molar refractivity (Wildman–Crippen MR) is 102 cm³/mol. The summed E-state index contributed by atoms with van der Waals surface area (Å²) >= 11 is 1.42. The molecule has 2 aromatic rings. The van der Waals surface area contributed by atoms with Crippen molar-refractivity contribution in [2.75, 3.05) is 17.7 Å². The highest BCUT2D eigenvalue weighted by Crippen LogP contribution is 2.23. The van der Waals surface area contributed by atoms with Crippen LogP contribution in [0.2, 0.25) is 0 Å². The van der Waals surface area contributed by atoms with Gasteiger partial charge in [0.05, 0.1) is 5.75 Å². The average Bonchev–Trinajstić information content (AvgIpc) is 2.57. The topological polar surface area (TPSA) is 55.4 Å². The molecule has 2 aromatic carbocycles. The molecule has 0 aliphatic carbocycles. The maximum Gasteiger partial charge on any atom is 0.316 e. The van der Waals surface area contributed by atoms with Crippen molar-refractivity contribution < 1.29 is 14.3 Å². The van der Waals surface area contributed by atoms with E-state index in [2.05, 4.69) is 5.32 Å². The van der Waals surface area contributed by atoms with E-state index >= 15 is 0 Å². The van der Waals surface area contributed by atoms with Crippen molar-refractivity contribution in [2.24, 2.45) is 0 Å². The zero-order valence-corrected chi connectivity index (χ0v) is 15.8. The smallest absolute Gasteiger partial charge is 0.316 e. The second kappa shape index (κ2) is 8.72. The van der Waals surface area contributed by atoms with Crippen molar-refractivity contribution in [1.82, 2.24) is 0 Å². The van der Waals surface area contributed by atoms with Crippen molar-refractivity contribution >= 4 is 29.3 Å². The SMILES string of the molecule is Cc1ccc(C)c(SCC(=O)OCC(=O)Nc2c(C)cccc2C)c1. The van der Waals surface area contributed by atoms with Crippen molar-refractivity contribution in [2.45, 2.75) is 32.6 Å². The van der Waals surface area contributed by atoms with E-state index in [0.717, 1.165) is 32.8 Å². The highest BCUT2D eigenvalue weighted by molar-refractivity contribution is 8.00. The minimum atomic E-state index is -0.400. The molecule has 0 spiro atoms. The summed E-state index contributed by atoms with van der Waals surface area (Å²) in [7, 11) is 0. The Morgan fingerprint density at radius 3 is 2.36 bits per heavy atom. The Morgan fingerprint density at radius 1 is 1.00 bits per heavy atom. The number of thioether (sulfide) groups is 1. The molecule has 0 saturated carbocycles. The van der Waals surface area contributed by atoms with E-state index in [-0.39, 0.29) is 18.3 Å². The normalized spacial score (nSPS) is 10.4. The van der Waals surface area contributed by atoms with Gasteiger partial charge in [-0.1, -0.05) is 35.9 Å². The Hall–Kier alpha value is -2.27. The van der Waals surface area contributed by atoms with Crippen molar-refractivity contribution in [3.63, 3.8) is 0 Å². The summed E-state index contributed by atoms with van der Waals surface area (Å²) in [5.74, 6) is -0.550. The Kier molecular flexibility index (Phi) is 6.65. The predicted octanol–water partition coefficient (Wildman–Crippen LogP) is 4.19. The first-order chi connectivity index (χ1) is 11.9. The molecule has 0 bridgehead atoms. The molecule has 0 radical (unpaired) electrons. The molecule has 0 aliphatic rings. The van der Waals surface area contributed by atoms with Gasteiger partial charge in [-0.2, -0.15) is 0 Å². The zero-order chi connectivity index (χ0) is 18.4. The largest absolute Gasteiger partial charge is 0.455 e. The lowest BCUT2D eigenvalue weighted by Crippen LogP contribution is -2.22. The molecule has 0 aromatic heterocycles. The van der Waals surface area contributed by atoms with Crippen molar-refractivity contribution in [3.8, 4) is 0 Å². The summed E-state index contributed by atoms with van der Waals surface area (Å²) in [6.45, 7) is 7.59. The molecule has 0 aliphatic heterocycles. The van der Waals surface area contributed by atoms with Crippen LogP contribution in [0.3, 0.4) is 0 Å². The van der Waals surface area contributed by atoms with Crippen molar-refractivity contribution in [1.29, 1.82) is 0 Å². The van der Waals surface area contributed by atoms with Crippen LogP contribution in [0.5, 0.6) is 0 Å². The van der Waals surface area contributed by atoms with Crippen LogP contribution in [-0.2, 0) is 14.3 Å². The van der Waals surface area contributed by atoms with Gasteiger partial charge >= 0.3 is 5.97 Å². The Balaban J connectivity index is 1.81. The van der Waals surface area contributed by atoms with Gasteiger partial charge in [-0.25, -0.2) is 0 Å². The van der Waals surface area contributed by atoms with Gasteiger partial charge < -0.3 is 10.1 Å². The van der Waals surface area contributed by atoms with E-state index in [1.807, 2.05) is 64.1 Å². The van der Waals surface area contributed by atoms with E-state index < -0.39 is 5.97 Å².